The number of primary amides is 1. The Morgan fingerprint density at radius 2 is 1.97 bits per heavy atom. The number of nitrogens with zero attached hydrogens (tertiary/aromatic N) is 3. The van der Waals surface area contributed by atoms with Crippen LogP contribution in [0.1, 0.15) is 41.7 Å². The van der Waals surface area contributed by atoms with Crippen LogP contribution >= 0.6 is 11.8 Å². The van der Waals surface area contributed by atoms with Gasteiger partial charge in [-0.25, -0.2) is 4.79 Å². The van der Waals surface area contributed by atoms with E-state index in [9.17, 15) is 14.4 Å². The van der Waals surface area contributed by atoms with Crippen LogP contribution in [-0.4, -0.2) is 44.9 Å². The normalized spacial score (nSPS) is 10.7. The Morgan fingerprint density at radius 1 is 1.18 bits per heavy atom. The van der Waals surface area contributed by atoms with Gasteiger partial charge < -0.3 is 20.2 Å². The molecule has 2 heterocycles. The fourth-order valence-corrected chi connectivity index (χ4v) is 3.61. The maximum absolute atomic E-state index is 12.4. The molecule has 0 radical (unpaired) electrons. The Labute approximate surface area is 194 Å². The topological polar surface area (TPSA) is 142 Å². The smallest absolute Gasteiger partial charge is 0.338 e. The summed E-state index contributed by atoms with van der Waals surface area (Å²) in [5, 5.41) is 11.6. The van der Waals surface area contributed by atoms with Gasteiger partial charge in [-0.2, -0.15) is 0 Å². The minimum Gasteiger partial charge on any atom is -0.467 e. The van der Waals surface area contributed by atoms with E-state index in [0.29, 0.717) is 47.6 Å². The number of amides is 2. The Hall–Kier alpha value is -3.60. The molecule has 2 aromatic heterocycles. The van der Waals surface area contributed by atoms with Crippen molar-refractivity contribution in [3.05, 3.63) is 59.8 Å². The number of aromatic nitrogens is 3. The number of nitrogens with one attached hydrogen (secondary N) is 1. The maximum Gasteiger partial charge on any atom is 0.338 e. The van der Waals surface area contributed by atoms with Gasteiger partial charge in [-0.1, -0.05) is 18.7 Å². The molecule has 11 heteroatoms. The van der Waals surface area contributed by atoms with Crippen LogP contribution in [0.4, 0.5) is 5.69 Å². The first kappa shape index (κ1) is 24.1. The highest BCUT2D eigenvalue weighted by Gasteiger charge is 2.16. The van der Waals surface area contributed by atoms with Gasteiger partial charge in [0.15, 0.2) is 5.16 Å². The van der Waals surface area contributed by atoms with Gasteiger partial charge in [0.05, 0.1) is 30.7 Å². The van der Waals surface area contributed by atoms with Crippen molar-refractivity contribution >= 4 is 35.2 Å². The molecule has 3 aromatic rings. The number of carbonyl (C=O) groups excluding carboxylic acids is 3. The number of anilines is 1. The molecular formula is C22H25N5O5S. The fourth-order valence-electron chi connectivity index (χ4n) is 2.86. The molecule has 0 aliphatic rings. The molecule has 10 nitrogen and oxygen atoms in total. The van der Waals surface area contributed by atoms with Crippen LogP contribution in [-0.2, 0) is 27.3 Å². The maximum atomic E-state index is 12.4. The second-order valence-electron chi connectivity index (χ2n) is 7.08. The SMILES string of the molecule is CCCOC(=O)c1ccc(NC(=O)CSc2nnc(CCC(N)=O)n2Cc2ccco2)cc1. The van der Waals surface area contributed by atoms with Gasteiger partial charge in [0, 0.05) is 18.5 Å². The fraction of sp³-hybridized carbons (Fsp3) is 0.318. The summed E-state index contributed by atoms with van der Waals surface area (Å²) in [5.41, 5.74) is 6.24. The monoisotopic (exact) mass is 471 g/mol. The van der Waals surface area contributed by atoms with Gasteiger partial charge in [0.25, 0.3) is 0 Å². The lowest BCUT2D eigenvalue weighted by molar-refractivity contribution is -0.118. The van der Waals surface area contributed by atoms with Crippen molar-refractivity contribution in [3.63, 3.8) is 0 Å². The van der Waals surface area contributed by atoms with E-state index in [2.05, 4.69) is 15.5 Å². The van der Waals surface area contributed by atoms with E-state index in [-0.39, 0.29) is 18.1 Å². The molecule has 0 saturated carbocycles. The van der Waals surface area contributed by atoms with Crippen molar-refractivity contribution in [2.75, 3.05) is 17.7 Å². The van der Waals surface area contributed by atoms with Crippen LogP contribution in [0.5, 0.6) is 0 Å². The van der Waals surface area contributed by atoms with Gasteiger partial charge in [-0.05, 0) is 42.8 Å². The average Bonchev–Trinajstić information content (AvgIpc) is 3.45. The number of nitrogens with two attached hydrogens (primary N) is 1. The summed E-state index contributed by atoms with van der Waals surface area (Å²) in [6, 6.07) is 10.1. The highest BCUT2D eigenvalue weighted by atomic mass is 32.2. The van der Waals surface area contributed by atoms with Crippen molar-refractivity contribution in [2.45, 2.75) is 37.9 Å². The summed E-state index contributed by atoms with van der Waals surface area (Å²) in [4.78, 5) is 35.5. The molecule has 0 spiro atoms. The number of hydrogen-bond donors (Lipinski definition) is 2. The standard InChI is InChI=1S/C22H25N5O5S/c1-2-11-32-21(30)15-5-7-16(8-6-15)24-20(29)14-33-22-26-25-19(10-9-18(23)28)27(22)13-17-4-3-12-31-17/h3-8,12H,2,9-11,13-14H2,1H3,(H2,23,28)(H,24,29). The average molecular weight is 472 g/mol. The highest BCUT2D eigenvalue weighted by molar-refractivity contribution is 7.99. The third kappa shape index (κ3) is 7.21. The number of furan rings is 1. The van der Waals surface area contributed by atoms with E-state index in [1.165, 1.54) is 11.8 Å². The highest BCUT2D eigenvalue weighted by Crippen LogP contribution is 2.20. The van der Waals surface area contributed by atoms with Crippen LogP contribution in [0.15, 0.2) is 52.2 Å². The van der Waals surface area contributed by atoms with E-state index >= 15 is 0 Å². The van der Waals surface area contributed by atoms with Crippen LogP contribution in [0, 0.1) is 0 Å². The van der Waals surface area contributed by atoms with Crippen LogP contribution < -0.4 is 11.1 Å². The number of esters is 1. The van der Waals surface area contributed by atoms with E-state index in [0.717, 1.165) is 6.42 Å². The predicted molar refractivity (Wildman–Crippen MR) is 122 cm³/mol. The van der Waals surface area contributed by atoms with Crippen molar-refractivity contribution in [1.29, 1.82) is 0 Å². The second-order valence-corrected chi connectivity index (χ2v) is 8.02. The quantitative estimate of drug-likeness (QED) is 0.303. The minimum atomic E-state index is -0.430. The summed E-state index contributed by atoms with van der Waals surface area (Å²) in [6.07, 6.45) is 2.80. The number of hydrogen-bond acceptors (Lipinski definition) is 8. The van der Waals surface area contributed by atoms with Crippen molar-refractivity contribution in [1.82, 2.24) is 14.8 Å². The molecule has 3 N–H and O–H groups in total. The molecule has 174 valence electrons. The second kappa shape index (κ2) is 11.9. The Bertz CT molecular complexity index is 1080. The summed E-state index contributed by atoms with van der Waals surface area (Å²) in [6.45, 7) is 2.66. The van der Waals surface area contributed by atoms with Gasteiger partial charge in [0.2, 0.25) is 11.8 Å². The van der Waals surface area contributed by atoms with E-state index in [1.54, 1.807) is 41.2 Å². The minimum absolute atomic E-state index is 0.0897. The first-order valence-corrected chi connectivity index (χ1v) is 11.4. The Kier molecular flexibility index (Phi) is 8.64. The van der Waals surface area contributed by atoms with Crippen LogP contribution in [0.3, 0.4) is 0 Å². The van der Waals surface area contributed by atoms with Crippen molar-refractivity contribution < 1.29 is 23.5 Å². The predicted octanol–water partition coefficient (Wildman–Crippen LogP) is 2.63. The molecule has 0 aliphatic carbocycles. The summed E-state index contributed by atoms with van der Waals surface area (Å²) < 4.78 is 12.3. The van der Waals surface area contributed by atoms with Crippen LogP contribution in [0.25, 0.3) is 0 Å². The number of thioether (sulfide) groups is 1. The molecule has 0 bridgehead atoms. The molecule has 0 fully saturated rings. The number of aryl methyl sites for hydroxylation is 1. The molecule has 33 heavy (non-hydrogen) atoms. The third-order valence-corrected chi connectivity index (χ3v) is 5.42. The van der Waals surface area contributed by atoms with Gasteiger partial charge >= 0.3 is 5.97 Å². The molecule has 0 unspecified atom stereocenters. The zero-order valence-corrected chi connectivity index (χ0v) is 19.0. The van der Waals surface area contributed by atoms with Crippen molar-refractivity contribution in [3.8, 4) is 0 Å². The Morgan fingerprint density at radius 3 is 2.64 bits per heavy atom. The number of rotatable bonds is 12. The Balaban J connectivity index is 1.60. The number of ether oxygens (including phenoxy) is 1. The lowest BCUT2D eigenvalue weighted by atomic mass is 10.2. The largest absolute Gasteiger partial charge is 0.467 e. The van der Waals surface area contributed by atoms with Gasteiger partial charge in [-0.3, -0.25) is 14.2 Å². The number of carbonyl (C=O) groups is 3. The third-order valence-electron chi connectivity index (χ3n) is 4.46. The van der Waals surface area contributed by atoms with E-state index in [4.69, 9.17) is 14.9 Å². The first-order chi connectivity index (χ1) is 16.0. The number of benzene rings is 1. The first-order valence-electron chi connectivity index (χ1n) is 10.4. The van der Waals surface area contributed by atoms with E-state index in [1.807, 2.05) is 13.0 Å². The van der Waals surface area contributed by atoms with Gasteiger partial charge in [-0.15, -0.1) is 10.2 Å². The summed E-state index contributed by atoms with van der Waals surface area (Å²) in [7, 11) is 0. The lowest BCUT2D eigenvalue weighted by Crippen LogP contribution is -2.16. The summed E-state index contributed by atoms with van der Waals surface area (Å²) >= 11 is 1.21. The lowest BCUT2D eigenvalue weighted by Gasteiger charge is -2.09. The van der Waals surface area contributed by atoms with Crippen molar-refractivity contribution in [2.24, 2.45) is 5.73 Å². The molecule has 1 aromatic carbocycles. The van der Waals surface area contributed by atoms with Gasteiger partial charge in [0.1, 0.15) is 11.6 Å². The summed E-state index contributed by atoms with van der Waals surface area (Å²) in [5.74, 6) is 0.297. The molecule has 0 aliphatic heterocycles. The molecular weight excluding hydrogens is 446 g/mol. The molecule has 2 amide bonds. The zero-order chi connectivity index (χ0) is 23.6. The van der Waals surface area contributed by atoms with E-state index < -0.39 is 11.9 Å². The molecule has 0 saturated heterocycles. The van der Waals surface area contributed by atoms with Crippen LogP contribution in [0.2, 0.25) is 0 Å². The molecule has 3 rings (SSSR count). The zero-order valence-electron chi connectivity index (χ0n) is 18.2. The molecule has 0 atom stereocenters.